The maximum absolute atomic E-state index is 11.5. The minimum absolute atomic E-state index is 0.311. The minimum atomic E-state index is -1.02. The van der Waals surface area contributed by atoms with Gasteiger partial charge in [0, 0.05) is 13.1 Å². The number of carboxylic acid groups (broad SMARTS) is 1. The van der Waals surface area contributed by atoms with E-state index in [9.17, 15) is 9.59 Å². The fourth-order valence-electron chi connectivity index (χ4n) is 1.29. The van der Waals surface area contributed by atoms with Crippen molar-refractivity contribution in [3.05, 3.63) is 11.6 Å². The molecule has 0 spiro atoms. The average molecular weight is 212 g/mol. The molecule has 1 heterocycles. The summed E-state index contributed by atoms with van der Waals surface area (Å²) < 4.78 is 0. The van der Waals surface area contributed by atoms with Crippen molar-refractivity contribution in [2.24, 2.45) is 0 Å². The van der Waals surface area contributed by atoms with Crippen LogP contribution in [-0.2, 0) is 4.79 Å². The molecule has 0 radical (unpaired) electrons. The van der Waals surface area contributed by atoms with Gasteiger partial charge in [-0.2, -0.15) is 0 Å². The summed E-state index contributed by atoms with van der Waals surface area (Å²) in [5, 5.41) is 11.0. The summed E-state index contributed by atoms with van der Waals surface area (Å²) in [7, 11) is 0. The monoisotopic (exact) mass is 212 g/mol. The van der Waals surface area contributed by atoms with Gasteiger partial charge in [-0.1, -0.05) is 11.6 Å². The topological polar surface area (TPSA) is 69.6 Å². The molecule has 1 aliphatic heterocycles. The van der Waals surface area contributed by atoms with Gasteiger partial charge < -0.3 is 15.3 Å². The Bertz CT molecular complexity index is 299. The summed E-state index contributed by atoms with van der Waals surface area (Å²) in [6, 6.07) is -1.15. The van der Waals surface area contributed by atoms with E-state index in [0.717, 1.165) is 6.42 Å². The first-order valence-electron chi connectivity index (χ1n) is 4.94. The van der Waals surface area contributed by atoms with E-state index >= 15 is 0 Å². The number of amides is 2. The lowest BCUT2D eigenvalue weighted by Crippen LogP contribution is -2.47. The molecule has 5 nitrogen and oxygen atoms in total. The standard InChI is InChI=1S/C10H16N2O3/c1-7-3-5-12(6-4-7)10(15)11-8(2)9(13)14/h3,8H,4-6H2,1-2H3,(H,11,15)(H,13,14)/t8-/m0/s1. The molecule has 1 rings (SSSR count). The Kier molecular flexibility index (Phi) is 3.71. The predicted molar refractivity (Wildman–Crippen MR) is 55.6 cm³/mol. The number of hydrogen-bond donors (Lipinski definition) is 2. The molecule has 0 aliphatic carbocycles. The first-order valence-corrected chi connectivity index (χ1v) is 4.94. The Balaban J connectivity index is 2.45. The van der Waals surface area contributed by atoms with E-state index in [2.05, 4.69) is 5.32 Å². The number of carbonyl (C=O) groups is 2. The number of urea groups is 1. The second-order valence-electron chi connectivity index (χ2n) is 3.76. The molecule has 0 saturated heterocycles. The first-order chi connectivity index (χ1) is 7.00. The molecule has 0 bridgehead atoms. The summed E-state index contributed by atoms with van der Waals surface area (Å²) in [5.74, 6) is -1.02. The predicted octanol–water partition coefficient (Wildman–Crippen LogP) is 0.821. The zero-order valence-electron chi connectivity index (χ0n) is 8.99. The SMILES string of the molecule is CC1=CCN(C(=O)N[C@@H](C)C(=O)O)CC1. The zero-order chi connectivity index (χ0) is 11.4. The molecule has 0 aromatic carbocycles. The number of rotatable bonds is 2. The van der Waals surface area contributed by atoms with Crippen LogP contribution in [0.3, 0.4) is 0 Å². The number of carbonyl (C=O) groups excluding carboxylic acids is 1. The normalized spacial score (nSPS) is 18.0. The van der Waals surface area contributed by atoms with Crippen LogP contribution in [0.4, 0.5) is 4.79 Å². The van der Waals surface area contributed by atoms with Gasteiger partial charge in [-0.15, -0.1) is 0 Å². The lowest BCUT2D eigenvalue weighted by molar-refractivity contribution is -0.138. The number of nitrogens with zero attached hydrogens (tertiary/aromatic N) is 1. The van der Waals surface area contributed by atoms with E-state index in [4.69, 9.17) is 5.11 Å². The highest BCUT2D eigenvalue weighted by Gasteiger charge is 2.19. The van der Waals surface area contributed by atoms with E-state index in [1.54, 1.807) is 4.90 Å². The molecular formula is C10H16N2O3. The molecule has 15 heavy (non-hydrogen) atoms. The van der Waals surface area contributed by atoms with Crippen molar-refractivity contribution in [2.45, 2.75) is 26.3 Å². The Labute approximate surface area is 88.8 Å². The summed E-state index contributed by atoms with van der Waals surface area (Å²) in [4.78, 5) is 23.7. The highest BCUT2D eigenvalue weighted by Crippen LogP contribution is 2.09. The molecule has 0 fully saturated rings. The van der Waals surface area contributed by atoms with Gasteiger partial charge in [-0.3, -0.25) is 4.79 Å². The van der Waals surface area contributed by atoms with Gasteiger partial charge in [0.1, 0.15) is 6.04 Å². The summed E-state index contributed by atoms with van der Waals surface area (Å²) in [5.41, 5.74) is 1.27. The fourth-order valence-corrected chi connectivity index (χ4v) is 1.29. The molecular weight excluding hydrogens is 196 g/mol. The van der Waals surface area contributed by atoms with Gasteiger partial charge in [-0.25, -0.2) is 4.79 Å². The van der Waals surface area contributed by atoms with E-state index in [0.29, 0.717) is 13.1 Å². The molecule has 2 N–H and O–H groups in total. The van der Waals surface area contributed by atoms with Crippen LogP contribution in [0.15, 0.2) is 11.6 Å². The van der Waals surface area contributed by atoms with Gasteiger partial charge in [-0.05, 0) is 20.3 Å². The lowest BCUT2D eigenvalue weighted by Gasteiger charge is -2.26. The second kappa shape index (κ2) is 4.82. The molecule has 0 aromatic rings. The number of nitrogens with one attached hydrogen (secondary N) is 1. The van der Waals surface area contributed by atoms with Crippen molar-refractivity contribution in [2.75, 3.05) is 13.1 Å². The van der Waals surface area contributed by atoms with Crippen LogP contribution in [-0.4, -0.2) is 41.1 Å². The largest absolute Gasteiger partial charge is 0.480 e. The lowest BCUT2D eigenvalue weighted by atomic mass is 10.1. The summed E-state index contributed by atoms with van der Waals surface area (Å²) >= 11 is 0. The van der Waals surface area contributed by atoms with Crippen molar-refractivity contribution in [3.8, 4) is 0 Å². The fraction of sp³-hybridized carbons (Fsp3) is 0.600. The van der Waals surface area contributed by atoms with Crippen molar-refractivity contribution >= 4 is 12.0 Å². The van der Waals surface area contributed by atoms with E-state index in [1.807, 2.05) is 13.0 Å². The maximum Gasteiger partial charge on any atom is 0.325 e. The van der Waals surface area contributed by atoms with E-state index in [-0.39, 0.29) is 6.03 Å². The van der Waals surface area contributed by atoms with Gasteiger partial charge in [0.25, 0.3) is 0 Å². The molecule has 2 amide bonds. The van der Waals surface area contributed by atoms with Crippen LogP contribution in [0.2, 0.25) is 0 Å². The van der Waals surface area contributed by atoms with E-state index in [1.165, 1.54) is 12.5 Å². The molecule has 1 aliphatic rings. The highest BCUT2D eigenvalue weighted by molar-refractivity contribution is 5.82. The molecule has 1 atom stereocenters. The smallest absolute Gasteiger partial charge is 0.325 e. The van der Waals surface area contributed by atoms with Crippen LogP contribution in [0.1, 0.15) is 20.3 Å². The highest BCUT2D eigenvalue weighted by atomic mass is 16.4. The first kappa shape index (κ1) is 11.6. The quantitative estimate of drug-likeness (QED) is 0.666. The van der Waals surface area contributed by atoms with Crippen molar-refractivity contribution < 1.29 is 14.7 Å². The van der Waals surface area contributed by atoms with Crippen LogP contribution < -0.4 is 5.32 Å². The van der Waals surface area contributed by atoms with Crippen molar-refractivity contribution in [1.82, 2.24) is 10.2 Å². The second-order valence-corrected chi connectivity index (χ2v) is 3.76. The Hall–Kier alpha value is -1.52. The Morgan fingerprint density at radius 3 is 2.73 bits per heavy atom. The third-order valence-corrected chi connectivity index (χ3v) is 2.43. The summed E-state index contributed by atoms with van der Waals surface area (Å²) in [6.45, 7) is 4.69. The molecule has 84 valence electrons. The molecule has 0 saturated carbocycles. The molecule has 0 aromatic heterocycles. The summed E-state index contributed by atoms with van der Waals surface area (Å²) in [6.07, 6.45) is 2.84. The van der Waals surface area contributed by atoms with Crippen LogP contribution >= 0.6 is 0 Å². The number of carboxylic acids is 1. The van der Waals surface area contributed by atoms with Crippen LogP contribution in [0.5, 0.6) is 0 Å². The van der Waals surface area contributed by atoms with Gasteiger partial charge in [0.15, 0.2) is 0 Å². The van der Waals surface area contributed by atoms with Gasteiger partial charge in [0.2, 0.25) is 0 Å². The Morgan fingerprint density at radius 1 is 1.60 bits per heavy atom. The van der Waals surface area contributed by atoms with E-state index < -0.39 is 12.0 Å². The van der Waals surface area contributed by atoms with Crippen LogP contribution in [0, 0.1) is 0 Å². The van der Waals surface area contributed by atoms with Crippen LogP contribution in [0.25, 0.3) is 0 Å². The van der Waals surface area contributed by atoms with Crippen molar-refractivity contribution in [3.63, 3.8) is 0 Å². The zero-order valence-corrected chi connectivity index (χ0v) is 8.99. The number of hydrogen-bond acceptors (Lipinski definition) is 2. The van der Waals surface area contributed by atoms with Crippen molar-refractivity contribution in [1.29, 1.82) is 0 Å². The third-order valence-electron chi connectivity index (χ3n) is 2.43. The molecule has 0 unspecified atom stereocenters. The molecule has 5 heteroatoms. The van der Waals surface area contributed by atoms with Gasteiger partial charge >= 0.3 is 12.0 Å². The minimum Gasteiger partial charge on any atom is -0.480 e. The van der Waals surface area contributed by atoms with Gasteiger partial charge in [0.05, 0.1) is 0 Å². The maximum atomic E-state index is 11.5. The Morgan fingerprint density at radius 2 is 2.27 bits per heavy atom. The third kappa shape index (κ3) is 3.27. The number of aliphatic carboxylic acids is 1. The average Bonchev–Trinajstić information content (AvgIpc) is 2.18.